The quantitative estimate of drug-likeness (QED) is 0.817. The average molecular weight is 326 g/mol. The van der Waals surface area contributed by atoms with E-state index < -0.39 is 0 Å². The van der Waals surface area contributed by atoms with Gasteiger partial charge in [0, 0.05) is 18.3 Å². The number of amides is 1. The maximum absolute atomic E-state index is 12.3. The van der Waals surface area contributed by atoms with Crippen LogP contribution in [0.25, 0.3) is 0 Å². The molecule has 1 aliphatic carbocycles. The van der Waals surface area contributed by atoms with Crippen LogP contribution < -0.4 is 15.4 Å². The van der Waals surface area contributed by atoms with Crippen molar-refractivity contribution in [3.05, 3.63) is 47.3 Å². The first-order valence-corrected chi connectivity index (χ1v) is 8.18. The minimum atomic E-state index is -0.186. The third-order valence-electron chi connectivity index (χ3n) is 3.87. The number of carbonyl (C=O) groups excluding carboxylic acids is 1. The van der Waals surface area contributed by atoms with Gasteiger partial charge in [-0.1, -0.05) is 18.2 Å². The maximum atomic E-state index is 12.3. The lowest BCUT2D eigenvalue weighted by Gasteiger charge is -2.10. The third-order valence-corrected chi connectivity index (χ3v) is 3.87. The molecule has 0 radical (unpaired) electrons. The third kappa shape index (κ3) is 4.22. The monoisotopic (exact) mass is 326 g/mol. The van der Waals surface area contributed by atoms with Crippen LogP contribution in [0, 0.1) is 6.92 Å². The molecule has 0 bridgehead atoms. The molecule has 1 amide bonds. The summed E-state index contributed by atoms with van der Waals surface area (Å²) in [6, 6.07) is 9.96. The zero-order chi connectivity index (χ0) is 16.9. The van der Waals surface area contributed by atoms with Crippen molar-refractivity contribution >= 4 is 11.9 Å². The molecule has 1 aliphatic rings. The number of ether oxygens (including phenoxy) is 1. The van der Waals surface area contributed by atoms with Crippen molar-refractivity contribution in [2.45, 2.75) is 32.2 Å². The van der Waals surface area contributed by atoms with Gasteiger partial charge in [0.2, 0.25) is 5.95 Å². The fourth-order valence-electron chi connectivity index (χ4n) is 2.47. The number of para-hydroxylation sites is 1. The summed E-state index contributed by atoms with van der Waals surface area (Å²) in [7, 11) is 1.65. The maximum Gasteiger partial charge on any atom is 0.270 e. The first kappa shape index (κ1) is 16.2. The van der Waals surface area contributed by atoms with Gasteiger partial charge >= 0.3 is 0 Å². The van der Waals surface area contributed by atoms with Crippen molar-refractivity contribution in [2.24, 2.45) is 0 Å². The summed E-state index contributed by atoms with van der Waals surface area (Å²) in [4.78, 5) is 21.0. The molecule has 1 aromatic carbocycles. The second-order valence-electron chi connectivity index (χ2n) is 5.95. The summed E-state index contributed by atoms with van der Waals surface area (Å²) in [6.07, 6.45) is 2.97. The van der Waals surface area contributed by atoms with E-state index in [4.69, 9.17) is 4.74 Å². The van der Waals surface area contributed by atoms with Gasteiger partial charge in [0.05, 0.1) is 7.11 Å². The van der Waals surface area contributed by atoms with Crippen LogP contribution in [0.4, 0.5) is 5.95 Å². The zero-order valence-corrected chi connectivity index (χ0v) is 14.0. The molecular weight excluding hydrogens is 304 g/mol. The summed E-state index contributed by atoms with van der Waals surface area (Å²) in [5.74, 6) is 1.18. The standard InChI is InChI=1S/C18H22N4O2/c1-12-11-15(22-18(20-12)21-14-7-8-14)17(23)19-10-9-13-5-3-4-6-16(13)24-2/h3-6,11,14H,7-10H2,1-2H3,(H,19,23)(H,20,21,22). The predicted octanol–water partition coefficient (Wildman–Crippen LogP) is 2.34. The molecular formula is C18H22N4O2. The highest BCUT2D eigenvalue weighted by Gasteiger charge is 2.22. The van der Waals surface area contributed by atoms with Crippen LogP contribution in [0.1, 0.15) is 34.6 Å². The lowest BCUT2D eigenvalue weighted by molar-refractivity contribution is 0.0949. The number of methoxy groups -OCH3 is 1. The van der Waals surface area contributed by atoms with Gasteiger partial charge < -0.3 is 15.4 Å². The Morgan fingerprint density at radius 1 is 1.29 bits per heavy atom. The number of carbonyl (C=O) groups is 1. The van der Waals surface area contributed by atoms with Gasteiger partial charge in [-0.05, 0) is 43.9 Å². The Bertz CT molecular complexity index is 729. The van der Waals surface area contributed by atoms with Crippen LogP contribution >= 0.6 is 0 Å². The van der Waals surface area contributed by atoms with Gasteiger partial charge in [-0.15, -0.1) is 0 Å². The van der Waals surface area contributed by atoms with E-state index in [9.17, 15) is 4.79 Å². The van der Waals surface area contributed by atoms with Crippen molar-refractivity contribution in [3.63, 3.8) is 0 Å². The van der Waals surface area contributed by atoms with Crippen LogP contribution in [-0.2, 0) is 6.42 Å². The Kier molecular flexibility index (Phi) is 4.93. The Balaban J connectivity index is 1.59. The molecule has 24 heavy (non-hydrogen) atoms. The number of anilines is 1. The van der Waals surface area contributed by atoms with E-state index in [1.807, 2.05) is 31.2 Å². The SMILES string of the molecule is COc1ccccc1CCNC(=O)c1cc(C)nc(NC2CC2)n1. The van der Waals surface area contributed by atoms with E-state index in [0.717, 1.165) is 29.8 Å². The Labute approximate surface area is 141 Å². The van der Waals surface area contributed by atoms with E-state index in [2.05, 4.69) is 20.6 Å². The minimum absolute atomic E-state index is 0.186. The number of aryl methyl sites for hydroxylation is 1. The second-order valence-corrected chi connectivity index (χ2v) is 5.95. The molecule has 0 aliphatic heterocycles. The van der Waals surface area contributed by atoms with E-state index >= 15 is 0 Å². The van der Waals surface area contributed by atoms with Gasteiger partial charge in [-0.25, -0.2) is 9.97 Å². The van der Waals surface area contributed by atoms with Crippen molar-refractivity contribution in [1.29, 1.82) is 0 Å². The summed E-state index contributed by atoms with van der Waals surface area (Å²) in [6.45, 7) is 2.39. The van der Waals surface area contributed by atoms with Crippen LogP contribution in [0.5, 0.6) is 5.75 Å². The number of hydrogen-bond donors (Lipinski definition) is 2. The van der Waals surface area contributed by atoms with Gasteiger partial charge in [-0.3, -0.25) is 4.79 Å². The van der Waals surface area contributed by atoms with Crippen LogP contribution in [0.2, 0.25) is 0 Å². The number of nitrogens with one attached hydrogen (secondary N) is 2. The van der Waals surface area contributed by atoms with Crippen molar-refractivity contribution in [1.82, 2.24) is 15.3 Å². The molecule has 1 fully saturated rings. The Morgan fingerprint density at radius 3 is 2.83 bits per heavy atom. The van der Waals surface area contributed by atoms with Crippen molar-refractivity contribution in [2.75, 3.05) is 19.0 Å². The lowest BCUT2D eigenvalue weighted by Crippen LogP contribution is -2.27. The fourth-order valence-corrected chi connectivity index (χ4v) is 2.47. The zero-order valence-electron chi connectivity index (χ0n) is 14.0. The average Bonchev–Trinajstić information content (AvgIpc) is 3.38. The Hall–Kier alpha value is -2.63. The predicted molar refractivity (Wildman–Crippen MR) is 92.4 cm³/mol. The highest BCUT2D eigenvalue weighted by Crippen LogP contribution is 2.23. The van der Waals surface area contributed by atoms with E-state index in [-0.39, 0.29) is 5.91 Å². The molecule has 1 heterocycles. The highest BCUT2D eigenvalue weighted by atomic mass is 16.5. The van der Waals surface area contributed by atoms with Crippen molar-refractivity contribution in [3.8, 4) is 5.75 Å². The summed E-state index contributed by atoms with van der Waals surface area (Å²) in [5, 5.41) is 6.14. The molecule has 6 nitrogen and oxygen atoms in total. The molecule has 6 heteroatoms. The topological polar surface area (TPSA) is 76.1 Å². The first-order valence-electron chi connectivity index (χ1n) is 8.18. The number of hydrogen-bond acceptors (Lipinski definition) is 5. The lowest BCUT2D eigenvalue weighted by atomic mass is 10.1. The van der Waals surface area contributed by atoms with E-state index in [1.54, 1.807) is 13.2 Å². The molecule has 0 unspecified atom stereocenters. The van der Waals surface area contributed by atoms with Gasteiger partial charge in [0.1, 0.15) is 11.4 Å². The van der Waals surface area contributed by atoms with Crippen molar-refractivity contribution < 1.29 is 9.53 Å². The first-order chi connectivity index (χ1) is 11.7. The molecule has 0 spiro atoms. The fraction of sp³-hybridized carbons (Fsp3) is 0.389. The Morgan fingerprint density at radius 2 is 2.08 bits per heavy atom. The molecule has 2 aromatic rings. The largest absolute Gasteiger partial charge is 0.496 e. The summed E-state index contributed by atoms with van der Waals surface area (Å²) < 4.78 is 5.32. The number of rotatable bonds is 7. The molecule has 0 atom stereocenters. The number of nitrogens with zero attached hydrogens (tertiary/aromatic N) is 2. The molecule has 1 saturated carbocycles. The minimum Gasteiger partial charge on any atom is -0.496 e. The van der Waals surface area contributed by atoms with Crippen LogP contribution in [0.3, 0.4) is 0 Å². The smallest absolute Gasteiger partial charge is 0.270 e. The van der Waals surface area contributed by atoms with E-state index in [1.165, 1.54) is 0 Å². The highest BCUT2D eigenvalue weighted by molar-refractivity contribution is 5.92. The normalized spacial score (nSPS) is 13.4. The summed E-state index contributed by atoms with van der Waals surface area (Å²) >= 11 is 0. The molecule has 2 N–H and O–H groups in total. The van der Waals surface area contributed by atoms with Gasteiger partial charge in [0.25, 0.3) is 5.91 Å². The second kappa shape index (κ2) is 7.29. The molecule has 1 aromatic heterocycles. The van der Waals surface area contributed by atoms with Crippen LogP contribution in [0.15, 0.2) is 30.3 Å². The molecule has 126 valence electrons. The van der Waals surface area contributed by atoms with Crippen LogP contribution in [-0.4, -0.2) is 35.6 Å². The van der Waals surface area contributed by atoms with E-state index in [0.29, 0.717) is 30.6 Å². The van der Waals surface area contributed by atoms with Gasteiger partial charge in [-0.2, -0.15) is 0 Å². The number of benzene rings is 1. The summed E-state index contributed by atoms with van der Waals surface area (Å²) in [5.41, 5.74) is 2.24. The molecule has 3 rings (SSSR count). The van der Waals surface area contributed by atoms with Gasteiger partial charge in [0.15, 0.2) is 0 Å². The molecule has 0 saturated heterocycles. The number of aromatic nitrogens is 2.